The van der Waals surface area contributed by atoms with Crippen LogP contribution in [0.5, 0.6) is 0 Å². The second-order valence-corrected chi connectivity index (χ2v) is 5.57. The van der Waals surface area contributed by atoms with Crippen LogP contribution in [0.15, 0.2) is 39.3 Å². The van der Waals surface area contributed by atoms with E-state index in [4.69, 9.17) is 14.7 Å². The number of furan rings is 1. The molecule has 6 nitrogen and oxygen atoms in total. The summed E-state index contributed by atoms with van der Waals surface area (Å²) in [7, 11) is 0. The Morgan fingerprint density at radius 1 is 1.19 bits per heavy atom. The summed E-state index contributed by atoms with van der Waals surface area (Å²) in [5.41, 5.74) is 7.25. The molecule has 3 heterocycles. The minimum atomic E-state index is 0.400. The standard InChI is InChI=1S/C14H10N4O2S/c1-7-11(21-14(15)16-7)13-17-12(18-20-13)10-6-8-4-2-3-5-9(8)19-10/h2-6H,1H3,(H2,15,16). The predicted octanol–water partition coefficient (Wildman–Crippen LogP) is 3.50. The van der Waals surface area contributed by atoms with Crippen LogP contribution in [0.25, 0.3) is 33.3 Å². The van der Waals surface area contributed by atoms with Gasteiger partial charge in [-0.2, -0.15) is 4.98 Å². The third-order valence-electron chi connectivity index (χ3n) is 3.08. The smallest absolute Gasteiger partial charge is 0.270 e. The third-order valence-corrected chi connectivity index (χ3v) is 4.05. The van der Waals surface area contributed by atoms with E-state index in [0.29, 0.717) is 22.6 Å². The number of nitrogen functional groups attached to an aromatic ring is 1. The number of nitrogens with zero attached hydrogens (tertiary/aromatic N) is 3. The van der Waals surface area contributed by atoms with Gasteiger partial charge in [0.2, 0.25) is 5.82 Å². The van der Waals surface area contributed by atoms with Crippen LogP contribution in [-0.4, -0.2) is 15.1 Å². The van der Waals surface area contributed by atoms with Crippen LogP contribution in [0.4, 0.5) is 5.13 Å². The SMILES string of the molecule is Cc1nc(N)sc1-c1nc(-c2cc3ccccc3o2)no1. The molecule has 104 valence electrons. The van der Waals surface area contributed by atoms with E-state index in [1.165, 1.54) is 11.3 Å². The molecular formula is C14H10N4O2S. The maximum Gasteiger partial charge on any atom is 0.270 e. The first kappa shape index (κ1) is 12.1. The van der Waals surface area contributed by atoms with Crippen molar-refractivity contribution in [3.8, 4) is 22.4 Å². The van der Waals surface area contributed by atoms with E-state index in [1.54, 1.807) is 0 Å². The summed E-state index contributed by atoms with van der Waals surface area (Å²) < 4.78 is 11.0. The lowest BCUT2D eigenvalue weighted by molar-refractivity contribution is 0.431. The maximum atomic E-state index is 5.72. The Hall–Kier alpha value is -2.67. The van der Waals surface area contributed by atoms with Crippen LogP contribution >= 0.6 is 11.3 Å². The highest BCUT2D eigenvalue weighted by molar-refractivity contribution is 7.18. The molecule has 0 atom stereocenters. The number of para-hydroxylation sites is 1. The lowest BCUT2D eigenvalue weighted by atomic mass is 10.2. The van der Waals surface area contributed by atoms with Crippen LogP contribution in [0.1, 0.15) is 5.69 Å². The average Bonchev–Trinajstić information content (AvgIpc) is 3.15. The second kappa shape index (κ2) is 4.42. The Bertz CT molecular complexity index is 904. The Kier molecular flexibility index (Phi) is 2.55. The molecule has 0 aliphatic heterocycles. The van der Waals surface area contributed by atoms with Crippen molar-refractivity contribution in [2.24, 2.45) is 0 Å². The van der Waals surface area contributed by atoms with Gasteiger partial charge in [0.1, 0.15) is 10.5 Å². The number of nitrogens with two attached hydrogens (primary N) is 1. The molecule has 21 heavy (non-hydrogen) atoms. The number of hydrogen-bond donors (Lipinski definition) is 1. The minimum absolute atomic E-state index is 0.400. The normalized spacial score (nSPS) is 11.3. The van der Waals surface area contributed by atoms with Gasteiger partial charge in [0.25, 0.3) is 5.89 Å². The summed E-state index contributed by atoms with van der Waals surface area (Å²) in [6, 6.07) is 9.62. The maximum absolute atomic E-state index is 5.72. The summed E-state index contributed by atoms with van der Waals surface area (Å²) in [5, 5.41) is 5.44. The highest BCUT2D eigenvalue weighted by Crippen LogP contribution is 2.32. The van der Waals surface area contributed by atoms with Gasteiger partial charge in [0.05, 0.1) is 5.69 Å². The number of rotatable bonds is 2. The fourth-order valence-corrected chi connectivity index (χ4v) is 2.88. The van der Waals surface area contributed by atoms with Gasteiger partial charge < -0.3 is 14.7 Å². The number of fused-ring (bicyclic) bond motifs is 1. The van der Waals surface area contributed by atoms with E-state index < -0.39 is 0 Å². The van der Waals surface area contributed by atoms with Gasteiger partial charge in [-0.15, -0.1) is 0 Å². The first-order chi connectivity index (χ1) is 10.2. The van der Waals surface area contributed by atoms with E-state index in [9.17, 15) is 0 Å². The van der Waals surface area contributed by atoms with E-state index in [-0.39, 0.29) is 0 Å². The molecule has 4 rings (SSSR count). The Morgan fingerprint density at radius 3 is 2.81 bits per heavy atom. The fraction of sp³-hybridized carbons (Fsp3) is 0.0714. The van der Waals surface area contributed by atoms with E-state index in [0.717, 1.165) is 21.5 Å². The number of anilines is 1. The quantitative estimate of drug-likeness (QED) is 0.609. The third kappa shape index (κ3) is 1.98. The topological polar surface area (TPSA) is 91.0 Å². The number of aromatic nitrogens is 3. The van der Waals surface area contributed by atoms with Gasteiger partial charge in [-0.25, -0.2) is 4.98 Å². The van der Waals surface area contributed by atoms with Crippen molar-refractivity contribution in [2.75, 3.05) is 5.73 Å². The largest absolute Gasteiger partial charge is 0.453 e. The molecule has 0 amide bonds. The summed E-state index contributed by atoms with van der Waals surface area (Å²) in [6.07, 6.45) is 0. The molecule has 0 radical (unpaired) electrons. The van der Waals surface area contributed by atoms with Crippen LogP contribution in [0.2, 0.25) is 0 Å². The molecule has 4 aromatic rings. The molecule has 1 aromatic carbocycles. The molecule has 0 bridgehead atoms. The van der Waals surface area contributed by atoms with Gasteiger partial charge in [0.15, 0.2) is 10.9 Å². The summed E-state index contributed by atoms with van der Waals surface area (Å²) in [4.78, 5) is 9.29. The lowest BCUT2D eigenvalue weighted by Crippen LogP contribution is -1.81. The van der Waals surface area contributed by atoms with Crippen molar-refractivity contribution < 1.29 is 8.94 Å². The summed E-state index contributed by atoms with van der Waals surface area (Å²) in [5.74, 6) is 1.38. The van der Waals surface area contributed by atoms with Gasteiger partial charge in [-0.1, -0.05) is 34.7 Å². The highest BCUT2D eigenvalue weighted by Gasteiger charge is 2.18. The molecular weight excluding hydrogens is 288 g/mol. The van der Waals surface area contributed by atoms with Crippen LogP contribution in [0, 0.1) is 6.92 Å². The number of aryl methyl sites for hydroxylation is 1. The average molecular weight is 298 g/mol. The molecule has 0 spiro atoms. The Morgan fingerprint density at radius 2 is 2.05 bits per heavy atom. The van der Waals surface area contributed by atoms with Gasteiger partial charge >= 0.3 is 0 Å². The van der Waals surface area contributed by atoms with Crippen LogP contribution in [0.3, 0.4) is 0 Å². The van der Waals surface area contributed by atoms with Crippen molar-refractivity contribution in [3.05, 3.63) is 36.0 Å². The van der Waals surface area contributed by atoms with E-state index >= 15 is 0 Å². The first-order valence-corrected chi connectivity index (χ1v) is 7.08. The number of hydrogen-bond acceptors (Lipinski definition) is 7. The van der Waals surface area contributed by atoms with Crippen molar-refractivity contribution in [1.29, 1.82) is 0 Å². The van der Waals surface area contributed by atoms with Crippen LogP contribution in [-0.2, 0) is 0 Å². The molecule has 0 saturated carbocycles. The zero-order valence-corrected chi connectivity index (χ0v) is 11.8. The van der Waals surface area contributed by atoms with Crippen molar-refractivity contribution in [3.63, 3.8) is 0 Å². The molecule has 3 aromatic heterocycles. The highest BCUT2D eigenvalue weighted by atomic mass is 32.1. The second-order valence-electron chi connectivity index (χ2n) is 4.54. The summed E-state index contributed by atoms with van der Waals surface area (Å²) in [6.45, 7) is 1.85. The number of benzene rings is 1. The minimum Gasteiger partial charge on any atom is -0.453 e. The predicted molar refractivity (Wildman–Crippen MR) is 79.8 cm³/mol. The fourth-order valence-electron chi connectivity index (χ4n) is 2.12. The van der Waals surface area contributed by atoms with Crippen molar-refractivity contribution >= 4 is 27.4 Å². The zero-order valence-electron chi connectivity index (χ0n) is 11.0. The van der Waals surface area contributed by atoms with Gasteiger partial charge in [0, 0.05) is 5.39 Å². The Balaban J connectivity index is 1.78. The number of thiazole rings is 1. The van der Waals surface area contributed by atoms with Crippen molar-refractivity contribution in [2.45, 2.75) is 6.92 Å². The Labute approximate surface area is 123 Å². The van der Waals surface area contributed by atoms with E-state index in [1.807, 2.05) is 37.3 Å². The molecule has 0 unspecified atom stereocenters. The molecule has 0 saturated heterocycles. The van der Waals surface area contributed by atoms with Gasteiger partial charge in [-0.05, 0) is 19.1 Å². The zero-order chi connectivity index (χ0) is 14.4. The molecule has 2 N–H and O–H groups in total. The monoisotopic (exact) mass is 298 g/mol. The lowest BCUT2D eigenvalue weighted by Gasteiger charge is -1.87. The molecule has 7 heteroatoms. The molecule has 0 fully saturated rings. The summed E-state index contributed by atoms with van der Waals surface area (Å²) >= 11 is 1.32. The first-order valence-electron chi connectivity index (χ1n) is 6.26. The van der Waals surface area contributed by atoms with Crippen molar-refractivity contribution in [1.82, 2.24) is 15.1 Å². The molecule has 0 aliphatic carbocycles. The van der Waals surface area contributed by atoms with Gasteiger partial charge in [-0.3, -0.25) is 0 Å². The molecule has 0 aliphatic rings. The van der Waals surface area contributed by atoms with E-state index in [2.05, 4.69) is 15.1 Å². The van der Waals surface area contributed by atoms with Crippen LogP contribution < -0.4 is 5.73 Å².